The van der Waals surface area contributed by atoms with E-state index in [0.717, 1.165) is 39.1 Å². The maximum atomic E-state index is 12.3. The van der Waals surface area contributed by atoms with Crippen LogP contribution in [0.3, 0.4) is 0 Å². The average molecular weight is 310 g/mol. The summed E-state index contributed by atoms with van der Waals surface area (Å²) < 4.78 is 5.12. The number of carbonyl (C=O) groups is 1. The predicted octanol–water partition coefficient (Wildman–Crippen LogP) is 2.29. The zero-order chi connectivity index (χ0) is 15.3. The summed E-state index contributed by atoms with van der Waals surface area (Å²) in [4.78, 5) is 15.7. The highest BCUT2D eigenvalue weighted by Gasteiger charge is 2.22. The molecule has 5 heteroatoms. The Balaban J connectivity index is 1.73. The molecule has 0 saturated heterocycles. The molecule has 1 N–H and O–H groups in total. The fourth-order valence-corrected chi connectivity index (χ4v) is 3.44. The number of nitrogens with one attached hydrogen (secondary N) is 1. The van der Waals surface area contributed by atoms with Crippen molar-refractivity contribution in [2.24, 2.45) is 5.41 Å². The van der Waals surface area contributed by atoms with Gasteiger partial charge in [-0.05, 0) is 35.3 Å². The van der Waals surface area contributed by atoms with Crippen LogP contribution in [0.4, 0.5) is 0 Å². The highest BCUT2D eigenvalue weighted by molar-refractivity contribution is 7.10. The molecule has 0 unspecified atom stereocenters. The molecule has 21 heavy (non-hydrogen) atoms. The highest BCUT2D eigenvalue weighted by atomic mass is 32.1. The smallest absolute Gasteiger partial charge is 0.236 e. The molecule has 0 aliphatic carbocycles. The molecular weight excluding hydrogens is 284 g/mol. The molecule has 0 saturated carbocycles. The van der Waals surface area contributed by atoms with Gasteiger partial charge in [0.2, 0.25) is 5.91 Å². The predicted molar refractivity (Wildman–Crippen MR) is 86.6 cm³/mol. The van der Waals surface area contributed by atoms with Gasteiger partial charge in [-0.25, -0.2) is 0 Å². The summed E-state index contributed by atoms with van der Waals surface area (Å²) in [7, 11) is 1.72. The Morgan fingerprint density at radius 1 is 1.52 bits per heavy atom. The van der Waals surface area contributed by atoms with Gasteiger partial charge in [-0.1, -0.05) is 13.8 Å². The Bertz CT molecular complexity index is 471. The highest BCUT2D eigenvalue weighted by Crippen LogP contribution is 2.24. The lowest BCUT2D eigenvalue weighted by Crippen LogP contribution is -2.42. The average Bonchev–Trinajstić information content (AvgIpc) is 2.92. The van der Waals surface area contributed by atoms with Crippen LogP contribution >= 0.6 is 11.3 Å². The van der Waals surface area contributed by atoms with Gasteiger partial charge in [0.15, 0.2) is 0 Å². The second-order valence-electron chi connectivity index (χ2n) is 6.44. The Morgan fingerprint density at radius 2 is 2.33 bits per heavy atom. The van der Waals surface area contributed by atoms with Crippen LogP contribution in [-0.2, 0) is 22.5 Å². The third-order valence-corrected chi connectivity index (χ3v) is 5.05. The maximum Gasteiger partial charge on any atom is 0.236 e. The summed E-state index contributed by atoms with van der Waals surface area (Å²) in [6, 6.07) is 2.14. The van der Waals surface area contributed by atoms with Gasteiger partial charge < -0.3 is 15.0 Å². The van der Waals surface area contributed by atoms with E-state index in [1.165, 1.54) is 10.4 Å². The number of fused-ring (bicyclic) bond motifs is 1. The zero-order valence-electron chi connectivity index (χ0n) is 13.3. The normalized spacial score (nSPS) is 15.1. The molecule has 0 radical (unpaired) electrons. The number of amides is 1. The molecule has 1 aromatic heterocycles. The minimum atomic E-state index is 0.152. The van der Waals surface area contributed by atoms with Gasteiger partial charge in [-0.15, -0.1) is 11.3 Å². The molecule has 0 aromatic carbocycles. The van der Waals surface area contributed by atoms with Gasteiger partial charge in [0.05, 0.1) is 6.54 Å². The van der Waals surface area contributed by atoms with Crippen molar-refractivity contribution >= 4 is 17.2 Å². The largest absolute Gasteiger partial charge is 0.385 e. The molecular formula is C16H26N2O2S. The van der Waals surface area contributed by atoms with Crippen LogP contribution in [0.2, 0.25) is 0 Å². The molecule has 2 heterocycles. The number of thiophene rings is 1. The standard InChI is InChI=1S/C16H26N2O2S/c1-16(2,6-8-20-3)12-17-10-15(19)18-7-4-14-13(11-18)5-9-21-14/h5,9,17H,4,6-8,10-12H2,1-3H3. The number of rotatable bonds is 7. The SMILES string of the molecule is COCCC(C)(C)CNCC(=O)N1CCc2sccc2C1. The quantitative estimate of drug-likeness (QED) is 0.840. The second kappa shape index (κ2) is 7.38. The maximum absolute atomic E-state index is 12.3. The molecule has 1 aliphatic heterocycles. The lowest BCUT2D eigenvalue weighted by Gasteiger charge is -2.28. The molecule has 0 atom stereocenters. The first-order chi connectivity index (χ1) is 10.0. The minimum Gasteiger partial charge on any atom is -0.385 e. The first-order valence-corrected chi connectivity index (χ1v) is 8.42. The Hall–Kier alpha value is -0.910. The van der Waals surface area contributed by atoms with Gasteiger partial charge in [-0.2, -0.15) is 0 Å². The van der Waals surface area contributed by atoms with Gasteiger partial charge in [0, 0.05) is 38.2 Å². The third-order valence-electron chi connectivity index (χ3n) is 4.02. The van der Waals surface area contributed by atoms with Crippen molar-refractivity contribution in [3.63, 3.8) is 0 Å². The van der Waals surface area contributed by atoms with E-state index in [4.69, 9.17) is 4.74 Å². The molecule has 0 bridgehead atoms. The number of carbonyl (C=O) groups excluding carboxylic acids is 1. The lowest BCUT2D eigenvalue weighted by molar-refractivity contribution is -0.131. The number of methoxy groups -OCH3 is 1. The van der Waals surface area contributed by atoms with E-state index in [9.17, 15) is 4.79 Å². The van der Waals surface area contributed by atoms with E-state index < -0.39 is 0 Å². The number of hydrogen-bond donors (Lipinski definition) is 1. The van der Waals surface area contributed by atoms with Crippen LogP contribution in [0.5, 0.6) is 0 Å². The van der Waals surface area contributed by atoms with E-state index in [2.05, 4.69) is 30.6 Å². The number of nitrogens with zero attached hydrogens (tertiary/aromatic N) is 1. The fraction of sp³-hybridized carbons (Fsp3) is 0.688. The molecule has 1 amide bonds. The van der Waals surface area contributed by atoms with E-state index in [1.807, 2.05) is 4.90 Å². The van der Waals surface area contributed by atoms with E-state index in [1.54, 1.807) is 18.4 Å². The Labute approximate surface area is 131 Å². The Morgan fingerprint density at radius 3 is 3.10 bits per heavy atom. The van der Waals surface area contributed by atoms with Crippen LogP contribution in [0.25, 0.3) is 0 Å². The Kier molecular flexibility index (Phi) is 5.79. The molecule has 1 aliphatic rings. The molecule has 0 spiro atoms. The summed E-state index contributed by atoms with van der Waals surface area (Å²) in [5.41, 5.74) is 1.47. The lowest BCUT2D eigenvalue weighted by atomic mass is 9.90. The van der Waals surface area contributed by atoms with E-state index in [-0.39, 0.29) is 11.3 Å². The summed E-state index contributed by atoms with van der Waals surface area (Å²) in [5.74, 6) is 0.203. The summed E-state index contributed by atoms with van der Waals surface area (Å²) >= 11 is 1.80. The van der Waals surface area contributed by atoms with Gasteiger partial charge in [-0.3, -0.25) is 4.79 Å². The summed E-state index contributed by atoms with van der Waals surface area (Å²) in [5, 5.41) is 5.43. The van der Waals surface area contributed by atoms with Crippen LogP contribution in [-0.4, -0.2) is 44.2 Å². The number of ether oxygens (including phenoxy) is 1. The van der Waals surface area contributed by atoms with Gasteiger partial charge in [0.1, 0.15) is 0 Å². The van der Waals surface area contributed by atoms with Crippen molar-refractivity contribution in [3.05, 3.63) is 21.9 Å². The van der Waals surface area contributed by atoms with Crippen molar-refractivity contribution < 1.29 is 9.53 Å². The fourth-order valence-electron chi connectivity index (χ4n) is 2.55. The van der Waals surface area contributed by atoms with Crippen molar-refractivity contribution in [2.75, 3.05) is 33.4 Å². The van der Waals surface area contributed by atoms with Crippen molar-refractivity contribution in [2.45, 2.75) is 33.2 Å². The van der Waals surface area contributed by atoms with Gasteiger partial charge >= 0.3 is 0 Å². The third kappa shape index (κ3) is 4.80. The minimum absolute atomic E-state index is 0.152. The monoisotopic (exact) mass is 310 g/mol. The zero-order valence-corrected chi connectivity index (χ0v) is 14.1. The first kappa shape index (κ1) is 16.5. The van der Waals surface area contributed by atoms with Crippen LogP contribution in [0.15, 0.2) is 11.4 Å². The van der Waals surface area contributed by atoms with Crippen molar-refractivity contribution in [3.8, 4) is 0 Å². The van der Waals surface area contributed by atoms with Crippen molar-refractivity contribution in [1.29, 1.82) is 0 Å². The number of hydrogen-bond acceptors (Lipinski definition) is 4. The summed E-state index contributed by atoms with van der Waals surface area (Å²) in [6.45, 7) is 8.03. The molecule has 0 fully saturated rings. The molecule has 1 aromatic rings. The van der Waals surface area contributed by atoms with E-state index in [0.29, 0.717) is 6.54 Å². The van der Waals surface area contributed by atoms with E-state index >= 15 is 0 Å². The topological polar surface area (TPSA) is 41.6 Å². The van der Waals surface area contributed by atoms with Crippen LogP contribution in [0, 0.1) is 5.41 Å². The second-order valence-corrected chi connectivity index (χ2v) is 7.45. The molecule has 2 rings (SSSR count). The molecule has 118 valence electrons. The first-order valence-electron chi connectivity index (χ1n) is 7.54. The van der Waals surface area contributed by atoms with Gasteiger partial charge in [0.25, 0.3) is 0 Å². The summed E-state index contributed by atoms with van der Waals surface area (Å²) in [6.07, 6.45) is 1.99. The van der Waals surface area contributed by atoms with Crippen molar-refractivity contribution in [1.82, 2.24) is 10.2 Å². The van der Waals surface area contributed by atoms with Crippen LogP contribution < -0.4 is 5.32 Å². The van der Waals surface area contributed by atoms with Crippen LogP contribution in [0.1, 0.15) is 30.7 Å². The molecule has 4 nitrogen and oxygen atoms in total.